The van der Waals surface area contributed by atoms with E-state index in [0.717, 1.165) is 13.2 Å². The standard InChI is InChI=1S/C8H18O.H3N/c1-7(2)5-9-6-8(3)4;/h7-8H,5-6H2,1-4H3;1H3. The Labute approximate surface area is 64.5 Å². The minimum atomic E-state index is 0. The van der Waals surface area contributed by atoms with Crippen molar-refractivity contribution in [2.75, 3.05) is 13.2 Å². The predicted octanol–water partition coefficient (Wildman–Crippen LogP) is 2.48. The Kier molecular flexibility index (Phi) is 8.85. The molecule has 0 aromatic heterocycles. The van der Waals surface area contributed by atoms with Crippen LogP contribution in [0.2, 0.25) is 0 Å². The summed E-state index contributed by atoms with van der Waals surface area (Å²) in [5, 5.41) is 0. The molecular weight excluding hydrogens is 126 g/mol. The van der Waals surface area contributed by atoms with Crippen molar-refractivity contribution in [3.8, 4) is 0 Å². The summed E-state index contributed by atoms with van der Waals surface area (Å²) in [6.07, 6.45) is 0. The third-order valence-corrected chi connectivity index (χ3v) is 0.902. The lowest BCUT2D eigenvalue weighted by Crippen LogP contribution is -2.06. The molecule has 0 aliphatic carbocycles. The van der Waals surface area contributed by atoms with Crippen LogP contribution in [0.1, 0.15) is 27.7 Å². The highest BCUT2D eigenvalue weighted by Gasteiger charge is 1.95. The van der Waals surface area contributed by atoms with Crippen LogP contribution in [0.4, 0.5) is 0 Å². The molecule has 10 heavy (non-hydrogen) atoms. The lowest BCUT2D eigenvalue weighted by Gasteiger charge is -2.07. The fraction of sp³-hybridized carbons (Fsp3) is 1.00. The van der Waals surface area contributed by atoms with Gasteiger partial charge >= 0.3 is 0 Å². The van der Waals surface area contributed by atoms with Gasteiger partial charge in [0.1, 0.15) is 0 Å². The highest BCUT2D eigenvalue weighted by Crippen LogP contribution is 1.96. The molecule has 0 spiro atoms. The fourth-order valence-electron chi connectivity index (χ4n) is 0.539. The molecule has 0 aliphatic heterocycles. The monoisotopic (exact) mass is 147 g/mol. The van der Waals surface area contributed by atoms with Crippen LogP contribution in [0.25, 0.3) is 0 Å². The first kappa shape index (κ1) is 12.6. The van der Waals surface area contributed by atoms with Crippen molar-refractivity contribution in [2.45, 2.75) is 27.7 Å². The molecule has 0 radical (unpaired) electrons. The van der Waals surface area contributed by atoms with Gasteiger partial charge < -0.3 is 10.9 Å². The highest BCUT2D eigenvalue weighted by atomic mass is 16.5. The van der Waals surface area contributed by atoms with Crippen LogP contribution in [-0.4, -0.2) is 13.2 Å². The Morgan fingerprint density at radius 1 is 0.900 bits per heavy atom. The Bertz CT molecular complexity index is 54.3. The molecule has 0 saturated carbocycles. The molecule has 64 valence electrons. The van der Waals surface area contributed by atoms with Gasteiger partial charge in [0.05, 0.1) is 0 Å². The van der Waals surface area contributed by atoms with Gasteiger partial charge in [0, 0.05) is 13.2 Å². The van der Waals surface area contributed by atoms with E-state index in [9.17, 15) is 0 Å². The molecule has 0 unspecified atom stereocenters. The molecule has 0 bridgehead atoms. The first-order valence-corrected chi connectivity index (χ1v) is 3.70. The molecule has 2 nitrogen and oxygen atoms in total. The Morgan fingerprint density at radius 3 is 1.40 bits per heavy atom. The van der Waals surface area contributed by atoms with E-state index in [4.69, 9.17) is 4.74 Å². The van der Waals surface area contributed by atoms with Crippen molar-refractivity contribution in [1.82, 2.24) is 6.15 Å². The zero-order valence-electron chi connectivity index (χ0n) is 7.68. The van der Waals surface area contributed by atoms with Gasteiger partial charge in [-0.3, -0.25) is 0 Å². The van der Waals surface area contributed by atoms with Crippen molar-refractivity contribution in [3.63, 3.8) is 0 Å². The van der Waals surface area contributed by atoms with Gasteiger partial charge in [-0.25, -0.2) is 0 Å². The van der Waals surface area contributed by atoms with E-state index < -0.39 is 0 Å². The van der Waals surface area contributed by atoms with Gasteiger partial charge in [-0.1, -0.05) is 27.7 Å². The molecule has 0 aliphatic rings. The molecule has 0 aromatic rings. The molecule has 0 fully saturated rings. The van der Waals surface area contributed by atoms with Gasteiger partial charge in [-0.2, -0.15) is 0 Å². The minimum absolute atomic E-state index is 0. The summed E-state index contributed by atoms with van der Waals surface area (Å²) < 4.78 is 5.36. The summed E-state index contributed by atoms with van der Waals surface area (Å²) in [5.41, 5.74) is 0. The molecule has 3 N–H and O–H groups in total. The summed E-state index contributed by atoms with van der Waals surface area (Å²) in [4.78, 5) is 0. The molecule has 2 heteroatoms. The quantitative estimate of drug-likeness (QED) is 0.664. The van der Waals surface area contributed by atoms with Gasteiger partial charge in [0.25, 0.3) is 0 Å². The van der Waals surface area contributed by atoms with E-state index in [0.29, 0.717) is 11.8 Å². The zero-order chi connectivity index (χ0) is 7.28. The molecular formula is C8H21NO. The summed E-state index contributed by atoms with van der Waals surface area (Å²) >= 11 is 0. The van der Waals surface area contributed by atoms with Crippen molar-refractivity contribution < 1.29 is 4.74 Å². The predicted molar refractivity (Wildman–Crippen MR) is 45.5 cm³/mol. The molecule has 0 rings (SSSR count). The van der Waals surface area contributed by atoms with Crippen LogP contribution in [0.3, 0.4) is 0 Å². The topological polar surface area (TPSA) is 44.2 Å². The van der Waals surface area contributed by atoms with Crippen molar-refractivity contribution in [1.29, 1.82) is 0 Å². The second kappa shape index (κ2) is 7.03. The lowest BCUT2D eigenvalue weighted by atomic mass is 10.2. The largest absolute Gasteiger partial charge is 0.381 e. The van der Waals surface area contributed by atoms with E-state index in [2.05, 4.69) is 27.7 Å². The van der Waals surface area contributed by atoms with E-state index in [-0.39, 0.29) is 6.15 Å². The van der Waals surface area contributed by atoms with Gasteiger partial charge in [0.2, 0.25) is 0 Å². The zero-order valence-corrected chi connectivity index (χ0v) is 7.68. The van der Waals surface area contributed by atoms with Gasteiger partial charge in [0.15, 0.2) is 0 Å². The normalized spacial score (nSPS) is 10.2. The van der Waals surface area contributed by atoms with E-state index in [1.165, 1.54) is 0 Å². The van der Waals surface area contributed by atoms with Crippen LogP contribution in [0.15, 0.2) is 0 Å². The van der Waals surface area contributed by atoms with Crippen LogP contribution in [-0.2, 0) is 4.74 Å². The fourth-order valence-corrected chi connectivity index (χ4v) is 0.539. The third kappa shape index (κ3) is 10.8. The smallest absolute Gasteiger partial charge is 0.0489 e. The summed E-state index contributed by atoms with van der Waals surface area (Å²) in [6.45, 7) is 10.5. The molecule has 0 amide bonds. The number of ether oxygens (including phenoxy) is 1. The number of hydrogen-bond acceptors (Lipinski definition) is 2. The van der Waals surface area contributed by atoms with E-state index in [1.807, 2.05) is 0 Å². The second-order valence-corrected chi connectivity index (χ2v) is 3.33. The first-order chi connectivity index (χ1) is 4.13. The maximum atomic E-state index is 5.36. The summed E-state index contributed by atoms with van der Waals surface area (Å²) in [7, 11) is 0. The van der Waals surface area contributed by atoms with Crippen molar-refractivity contribution >= 4 is 0 Å². The van der Waals surface area contributed by atoms with Crippen molar-refractivity contribution in [3.05, 3.63) is 0 Å². The van der Waals surface area contributed by atoms with Crippen LogP contribution >= 0.6 is 0 Å². The van der Waals surface area contributed by atoms with E-state index >= 15 is 0 Å². The maximum absolute atomic E-state index is 5.36. The minimum Gasteiger partial charge on any atom is -0.381 e. The van der Waals surface area contributed by atoms with Crippen LogP contribution < -0.4 is 6.15 Å². The number of hydrogen-bond donors (Lipinski definition) is 1. The lowest BCUT2D eigenvalue weighted by molar-refractivity contribution is 0.0886. The van der Waals surface area contributed by atoms with Crippen LogP contribution in [0, 0.1) is 11.8 Å². The molecule has 0 heterocycles. The Balaban J connectivity index is 0. The Morgan fingerprint density at radius 2 is 1.20 bits per heavy atom. The average Bonchev–Trinajstić information content (AvgIpc) is 1.63. The highest BCUT2D eigenvalue weighted by molar-refractivity contribution is 4.42. The Hall–Kier alpha value is -0.0800. The van der Waals surface area contributed by atoms with Gasteiger partial charge in [-0.05, 0) is 11.8 Å². The number of rotatable bonds is 4. The van der Waals surface area contributed by atoms with E-state index in [1.54, 1.807) is 0 Å². The third-order valence-electron chi connectivity index (χ3n) is 0.902. The average molecular weight is 147 g/mol. The SMILES string of the molecule is CC(C)COCC(C)C.N. The molecule has 0 atom stereocenters. The maximum Gasteiger partial charge on any atom is 0.0489 e. The summed E-state index contributed by atoms with van der Waals surface area (Å²) in [5.74, 6) is 1.34. The van der Waals surface area contributed by atoms with Gasteiger partial charge in [-0.15, -0.1) is 0 Å². The second-order valence-electron chi connectivity index (χ2n) is 3.33. The summed E-state index contributed by atoms with van der Waals surface area (Å²) in [6, 6.07) is 0. The van der Waals surface area contributed by atoms with Crippen LogP contribution in [0.5, 0.6) is 0 Å². The first-order valence-electron chi connectivity index (χ1n) is 3.70. The molecule has 0 saturated heterocycles. The van der Waals surface area contributed by atoms with Crippen molar-refractivity contribution in [2.24, 2.45) is 11.8 Å². The molecule has 0 aromatic carbocycles.